The molecule has 2 rings (SSSR count). The van der Waals surface area contributed by atoms with Crippen molar-refractivity contribution in [3.05, 3.63) is 17.5 Å². The van der Waals surface area contributed by atoms with Gasteiger partial charge in [0.1, 0.15) is 0 Å². The van der Waals surface area contributed by atoms with Crippen LogP contribution in [0.1, 0.15) is 56.5 Å². The number of hydrogen-bond acceptors (Lipinski definition) is 3. The smallest absolute Gasteiger partial charge is 0.0631 e. The predicted molar refractivity (Wildman–Crippen MR) is 69.3 cm³/mol. The average molecular weight is 236 g/mol. The van der Waals surface area contributed by atoms with Crippen LogP contribution in [0.3, 0.4) is 0 Å². The summed E-state index contributed by atoms with van der Waals surface area (Å²) in [4.78, 5) is 0. The van der Waals surface area contributed by atoms with Crippen LogP contribution < -0.4 is 11.3 Å². The molecule has 0 bridgehead atoms. The maximum Gasteiger partial charge on any atom is 0.0631 e. The van der Waals surface area contributed by atoms with Gasteiger partial charge in [-0.05, 0) is 32.3 Å². The molecule has 0 saturated heterocycles. The molecule has 17 heavy (non-hydrogen) atoms. The molecular formula is C13H24N4. The van der Waals surface area contributed by atoms with Crippen molar-refractivity contribution < 1.29 is 0 Å². The van der Waals surface area contributed by atoms with Gasteiger partial charge in [-0.2, -0.15) is 5.10 Å². The van der Waals surface area contributed by atoms with E-state index in [0.717, 1.165) is 24.6 Å². The lowest BCUT2D eigenvalue weighted by atomic mass is 9.96. The van der Waals surface area contributed by atoms with Gasteiger partial charge in [0.25, 0.3) is 0 Å². The standard InChI is InChI=1S/C13H24N4/c1-3-17-13(8-10(2)16-17)12(15-14)9-11-6-4-5-7-11/h8,11-12,15H,3-7,9,14H2,1-2H3. The van der Waals surface area contributed by atoms with E-state index in [1.807, 2.05) is 6.92 Å². The number of aromatic nitrogens is 2. The average Bonchev–Trinajstić information content (AvgIpc) is 2.94. The zero-order chi connectivity index (χ0) is 12.3. The van der Waals surface area contributed by atoms with Crippen molar-refractivity contribution in [1.82, 2.24) is 15.2 Å². The van der Waals surface area contributed by atoms with Crippen molar-refractivity contribution in [3.63, 3.8) is 0 Å². The van der Waals surface area contributed by atoms with Crippen molar-refractivity contribution in [1.29, 1.82) is 0 Å². The first-order valence-electron chi connectivity index (χ1n) is 6.75. The fourth-order valence-electron chi connectivity index (χ4n) is 2.95. The van der Waals surface area contributed by atoms with E-state index in [0.29, 0.717) is 0 Å². The Morgan fingerprint density at radius 2 is 2.24 bits per heavy atom. The monoisotopic (exact) mass is 236 g/mol. The Hall–Kier alpha value is -0.870. The van der Waals surface area contributed by atoms with Crippen LogP contribution >= 0.6 is 0 Å². The van der Waals surface area contributed by atoms with E-state index in [9.17, 15) is 0 Å². The topological polar surface area (TPSA) is 55.9 Å². The molecule has 1 heterocycles. The molecule has 1 aromatic rings. The molecule has 0 radical (unpaired) electrons. The Morgan fingerprint density at radius 1 is 1.53 bits per heavy atom. The normalized spacial score (nSPS) is 18.8. The van der Waals surface area contributed by atoms with Crippen molar-refractivity contribution in [2.24, 2.45) is 11.8 Å². The molecule has 1 aromatic heterocycles. The summed E-state index contributed by atoms with van der Waals surface area (Å²) in [6.07, 6.45) is 6.62. The van der Waals surface area contributed by atoms with Gasteiger partial charge in [0.05, 0.1) is 17.4 Å². The Bertz CT molecular complexity index is 352. The summed E-state index contributed by atoms with van der Waals surface area (Å²) in [6.45, 7) is 5.07. The van der Waals surface area contributed by atoms with Crippen LogP contribution in [0, 0.1) is 12.8 Å². The van der Waals surface area contributed by atoms with Crippen molar-refractivity contribution >= 4 is 0 Å². The fourth-order valence-corrected chi connectivity index (χ4v) is 2.95. The number of hydrazine groups is 1. The van der Waals surface area contributed by atoms with Crippen LogP contribution in [-0.4, -0.2) is 9.78 Å². The summed E-state index contributed by atoms with van der Waals surface area (Å²) in [6, 6.07) is 2.41. The minimum Gasteiger partial charge on any atom is -0.271 e. The molecule has 1 unspecified atom stereocenters. The Morgan fingerprint density at radius 3 is 2.82 bits per heavy atom. The number of hydrogen-bond donors (Lipinski definition) is 2. The summed E-state index contributed by atoms with van der Waals surface area (Å²) in [7, 11) is 0. The van der Waals surface area contributed by atoms with Gasteiger partial charge in [0, 0.05) is 6.54 Å². The zero-order valence-corrected chi connectivity index (χ0v) is 10.9. The van der Waals surface area contributed by atoms with Crippen molar-refractivity contribution in [2.75, 3.05) is 0 Å². The summed E-state index contributed by atoms with van der Waals surface area (Å²) in [5, 5.41) is 4.49. The van der Waals surface area contributed by atoms with Gasteiger partial charge in [0.2, 0.25) is 0 Å². The quantitative estimate of drug-likeness (QED) is 0.609. The molecule has 0 aromatic carbocycles. The van der Waals surface area contributed by atoms with Crippen LogP contribution in [0.4, 0.5) is 0 Å². The fraction of sp³-hybridized carbons (Fsp3) is 0.769. The van der Waals surface area contributed by atoms with Gasteiger partial charge in [-0.15, -0.1) is 0 Å². The van der Waals surface area contributed by atoms with E-state index in [2.05, 4.69) is 28.2 Å². The number of nitrogens with two attached hydrogens (primary N) is 1. The van der Waals surface area contributed by atoms with E-state index in [1.165, 1.54) is 31.4 Å². The number of nitrogens with one attached hydrogen (secondary N) is 1. The van der Waals surface area contributed by atoms with Gasteiger partial charge in [-0.1, -0.05) is 25.7 Å². The van der Waals surface area contributed by atoms with E-state index >= 15 is 0 Å². The number of aryl methyl sites for hydroxylation is 2. The third-order valence-electron chi connectivity index (χ3n) is 3.83. The maximum absolute atomic E-state index is 5.72. The maximum atomic E-state index is 5.72. The van der Waals surface area contributed by atoms with Crippen molar-refractivity contribution in [2.45, 2.75) is 58.5 Å². The Kier molecular flexibility index (Phi) is 4.18. The van der Waals surface area contributed by atoms with Gasteiger partial charge in [-0.3, -0.25) is 16.0 Å². The molecule has 3 N–H and O–H groups in total. The molecule has 1 aliphatic carbocycles. The van der Waals surface area contributed by atoms with E-state index < -0.39 is 0 Å². The van der Waals surface area contributed by atoms with Gasteiger partial charge in [-0.25, -0.2) is 0 Å². The van der Waals surface area contributed by atoms with Gasteiger partial charge < -0.3 is 0 Å². The lowest BCUT2D eigenvalue weighted by Crippen LogP contribution is -2.31. The number of rotatable bonds is 5. The molecule has 4 heteroatoms. The molecule has 96 valence electrons. The van der Waals surface area contributed by atoms with Gasteiger partial charge in [0.15, 0.2) is 0 Å². The molecule has 0 spiro atoms. The molecular weight excluding hydrogens is 212 g/mol. The first-order chi connectivity index (χ1) is 8.24. The van der Waals surface area contributed by atoms with E-state index in [4.69, 9.17) is 5.84 Å². The molecule has 1 saturated carbocycles. The first kappa shape index (κ1) is 12.6. The van der Waals surface area contributed by atoms with Crippen LogP contribution in [0.15, 0.2) is 6.07 Å². The van der Waals surface area contributed by atoms with Crippen molar-refractivity contribution in [3.8, 4) is 0 Å². The van der Waals surface area contributed by atoms with Gasteiger partial charge >= 0.3 is 0 Å². The first-order valence-corrected chi connectivity index (χ1v) is 6.75. The molecule has 1 aliphatic rings. The Balaban J connectivity index is 2.10. The second kappa shape index (κ2) is 5.65. The lowest BCUT2D eigenvalue weighted by Gasteiger charge is -2.20. The van der Waals surface area contributed by atoms with Crippen LogP contribution in [0.5, 0.6) is 0 Å². The SMILES string of the molecule is CCn1nc(C)cc1C(CC1CCCC1)NN. The molecule has 4 nitrogen and oxygen atoms in total. The minimum atomic E-state index is 0.249. The number of nitrogens with zero attached hydrogens (tertiary/aromatic N) is 2. The summed E-state index contributed by atoms with van der Waals surface area (Å²) >= 11 is 0. The highest BCUT2D eigenvalue weighted by Gasteiger charge is 2.23. The molecule has 1 fully saturated rings. The van der Waals surface area contributed by atoms with E-state index in [1.54, 1.807) is 0 Å². The molecule has 1 atom stereocenters. The Labute approximate surface area is 104 Å². The van der Waals surface area contributed by atoms with Crippen LogP contribution in [-0.2, 0) is 6.54 Å². The minimum absolute atomic E-state index is 0.249. The molecule has 0 amide bonds. The summed E-state index contributed by atoms with van der Waals surface area (Å²) in [5.41, 5.74) is 5.29. The van der Waals surface area contributed by atoms with E-state index in [-0.39, 0.29) is 6.04 Å². The second-order valence-electron chi connectivity index (χ2n) is 5.13. The lowest BCUT2D eigenvalue weighted by molar-refractivity contribution is 0.380. The van der Waals surface area contributed by atoms with Crippen LogP contribution in [0.2, 0.25) is 0 Å². The highest BCUT2D eigenvalue weighted by Crippen LogP contribution is 2.32. The third kappa shape index (κ3) is 2.87. The van der Waals surface area contributed by atoms with Crippen LogP contribution in [0.25, 0.3) is 0 Å². The second-order valence-corrected chi connectivity index (χ2v) is 5.13. The largest absolute Gasteiger partial charge is 0.271 e. The zero-order valence-electron chi connectivity index (χ0n) is 10.9. The summed E-state index contributed by atoms with van der Waals surface area (Å²) < 4.78 is 2.06. The highest BCUT2D eigenvalue weighted by molar-refractivity contribution is 5.13. The third-order valence-corrected chi connectivity index (χ3v) is 3.83. The summed E-state index contributed by atoms with van der Waals surface area (Å²) in [5.74, 6) is 6.55. The highest BCUT2D eigenvalue weighted by atomic mass is 15.3. The molecule has 0 aliphatic heterocycles. The predicted octanol–water partition coefficient (Wildman–Crippen LogP) is 2.30.